The Morgan fingerprint density at radius 3 is 2.46 bits per heavy atom. The van der Waals surface area contributed by atoms with Gasteiger partial charge >= 0.3 is 0 Å². The van der Waals surface area contributed by atoms with Crippen molar-refractivity contribution in [1.82, 2.24) is 10.6 Å². The van der Waals surface area contributed by atoms with Crippen LogP contribution in [0.4, 0.5) is 0 Å². The third-order valence-corrected chi connectivity index (χ3v) is 4.75. The average molecular weight is 420 g/mol. The number of halogens is 2. The quantitative estimate of drug-likeness (QED) is 0.675. The molecule has 2 amide bonds. The molecule has 8 heteroatoms. The summed E-state index contributed by atoms with van der Waals surface area (Å²) in [5.41, 5.74) is -0.810. The van der Waals surface area contributed by atoms with Crippen LogP contribution in [0.1, 0.15) is 29.3 Å². The van der Waals surface area contributed by atoms with Gasteiger partial charge in [0.05, 0.1) is 6.61 Å². The zero-order chi connectivity index (χ0) is 20.1. The first-order valence-electron chi connectivity index (χ1n) is 8.76. The van der Waals surface area contributed by atoms with Gasteiger partial charge in [-0.25, -0.2) is 4.99 Å². The molecule has 0 saturated heterocycles. The molecule has 3 rings (SSSR count). The Balaban J connectivity index is 1.86. The number of nitrogens with zero attached hydrogens (tertiary/aromatic N) is 1. The molecule has 0 radical (unpaired) electrons. The Kier molecular flexibility index (Phi) is 6.21. The number of amidine groups is 1. The molecule has 0 unspecified atom stereocenters. The van der Waals surface area contributed by atoms with Crippen molar-refractivity contribution in [1.29, 1.82) is 0 Å². The van der Waals surface area contributed by atoms with Crippen LogP contribution in [0.3, 0.4) is 0 Å². The van der Waals surface area contributed by atoms with Gasteiger partial charge in [0.2, 0.25) is 5.66 Å². The monoisotopic (exact) mass is 419 g/mol. The summed E-state index contributed by atoms with van der Waals surface area (Å²) in [6, 6.07) is 15.5. The van der Waals surface area contributed by atoms with Crippen LogP contribution in [0.2, 0.25) is 0 Å². The summed E-state index contributed by atoms with van der Waals surface area (Å²) in [6.45, 7) is 2.64. The first-order chi connectivity index (χ1) is 13.5. The number of carbonyl (C=O) groups is 2. The number of ether oxygens (including phenoxy) is 1. The predicted octanol–water partition coefficient (Wildman–Crippen LogP) is 3.28. The van der Waals surface area contributed by atoms with Crippen LogP contribution >= 0.6 is 23.2 Å². The largest absolute Gasteiger partial charge is 0.494 e. The summed E-state index contributed by atoms with van der Waals surface area (Å²) in [7, 11) is 0. The Bertz CT molecular complexity index is 885. The number of carbonyl (C=O) groups excluding carboxylic acids is 2. The standard InChI is InChI=1S/C20H19Cl2N3O3/c1-2-12-28-15-10-8-13(9-11-15)16-23-19(27)20(24-16,18(21)22)25-17(26)14-6-4-3-5-7-14/h3-11,18H,2,12H2,1H3,(H,25,26)(H,23,24,27)/t20-/m0/s1. The summed E-state index contributed by atoms with van der Waals surface area (Å²) in [5, 5.41) is 5.22. The molecule has 2 N–H and O–H groups in total. The maximum atomic E-state index is 12.7. The second-order valence-electron chi connectivity index (χ2n) is 6.17. The average Bonchev–Trinajstić information content (AvgIpc) is 3.05. The van der Waals surface area contributed by atoms with Gasteiger partial charge in [-0.15, -0.1) is 0 Å². The molecule has 6 nitrogen and oxygen atoms in total. The Hall–Kier alpha value is -2.57. The summed E-state index contributed by atoms with van der Waals surface area (Å²) in [4.78, 5) is 28.3. The van der Waals surface area contributed by atoms with E-state index in [1.54, 1.807) is 54.6 Å². The van der Waals surface area contributed by atoms with Crippen LogP contribution in [0, 0.1) is 0 Å². The zero-order valence-corrected chi connectivity index (χ0v) is 16.6. The Labute approximate surface area is 172 Å². The zero-order valence-electron chi connectivity index (χ0n) is 15.1. The molecular formula is C20H19Cl2N3O3. The molecular weight excluding hydrogens is 401 g/mol. The summed E-state index contributed by atoms with van der Waals surface area (Å²) in [6.07, 6.45) is 0.904. The van der Waals surface area contributed by atoms with Gasteiger partial charge in [-0.2, -0.15) is 0 Å². The summed E-state index contributed by atoms with van der Waals surface area (Å²) in [5.74, 6) is -0.123. The molecule has 0 fully saturated rings. The van der Waals surface area contributed by atoms with Gasteiger partial charge in [0.1, 0.15) is 11.6 Å². The number of alkyl halides is 2. The van der Waals surface area contributed by atoms with Crippen LogP contribution in [0.15, 0.2) is 59.6 Å². The van der Waals surface area contributed by atoms with E-state index in [2.05, 4.69) is 15.6 Å². The van der Waals surface area contributed by atoms with Crippen LogP contribution < -0.4 is 15.4 Å². The minimum absolute atomic E-state index is 0.270. The van der Waals surface area contributed by atoms with Gasteiger partial charge < -0.3 is 15.4 Å². The van der Waals surface area contributed by atoms with Crippen molar-refractivity contribution < 1.29 is 14.3 Å². The second kappa shape index (κ2) is 8.63. The lowest BCUT2D eigenvalue weighted by Gasteiger charge is -2.25. The maximum absolute atomic E-state index is 12.7. The molecule has 146 valence electrons. The summed E-state index contributed by atoms with van der Waals surface area (Å²) >= 11 is 12.1. The van der Waals surface area contributed by atoms with Gasteiger partial charge in [0, 0.05) is 11.1 Å². The smallest absolute Gasteiger partial charge is 0.277 e. The number of nitrogens with one attached hydrogen (secondary N) is 2. The molecule has 1 aliphatic rings. The van der Waals surface area contributed by atoms with Crippen molar-refractivity contribution in [2.75, 3.05) is 6.61 Å². The molecule has 0 aromatic heterocycles. The van der Waals surface area contributed by atoms with Gasteiger partial charge in [-0.1, -0.05) is 48.3 Å². The first-order valence-corrected chi connectivity index (χ1v) is 9.64. The third kappa shape index (κ3) is 4.13. The Morgan fingerprint density at radius 1 is 1.18 bits per heavy atom. The number of hydrogen-bond acceptors (Lipinski definition) is 4. The number of benzene rings is 2. The minimum Gasteiger partial charge on any atom is -0.494 e. The number of hydrogen-bond donors (Lipinski definition) is 2. The van der Waals surface area contributed by atoms with Crippen molar-refractivity contribution in [3.63, 3.8) is 0 Å². The van der Waals surface area contributed by atoms with Crippen molar-refractivity contribution in [3.05, 3.63) is 65.7 Å². The highest BCUT2D eigenvalue weighted by atomic mass is 35.5. The molecule has 1 atom stereocenters. The SMILES string of the molecule is CCCOc1ccc(C2=N[C@](NC(=O)c3ccccc3)(C(Cl)Cl)C(=O)N2)cc1. The van der Waals surface area contributed by atoms with Crippen molar-refractivity contribution in [3.8, 4) is 5.75 Å². The van der Waals surface area contributed by atoms with Crippen molar-refractivity contribution in [2.24, 2.45) is 4.99 Å². The van der Waals surface area contributed by atoms with E-state index in [0.29, 0.717) is 23.5 Å². The van der Waals surface area contributed by atoms with E-state index in [4.69, 9.17) is 27.9 Å². The van der Waals surface area contributed by atoms with E-state index in [-0.39, 0.29) is 5.84 Å². The number of aliphatic imine (C=N–C) groups is 1. The lowest BCUT2D eigenvalue weighted by molar-refractivity contribution is -0.124. The lowest BCUT2D eigenvalue weighted by atomic mass is 10.1. The maximum Gasteiger partial charge on any atom is 0.277 e. The van der Waals surface area contributed by atoms with Gasteiger partial charge in [-0.05, 0) is 42.8 Å². The van der Waals surface area contributed by atoms with E-state index >= 15 is 0 Å². The molecule has 0 spiro atoms. The molecule has 2 aromatic rings. The van der Waals surface area contributed by atoms with Crippen LogP contribution in [-0.2, 0) is 4.79 Å². The molecule has 28 heavy (non-hydrogen) atoms. The molecule has 0 aliphatic carbocycles. The van der Waals surface area contributed by atoms with Crippen LogP contribution in [-0.4, -0.2) is 34.8 Å². The second-order valence-corrected chi connectivity index (χ2v) is 7.27. The van der Waals surface area contributed by atoms with Crippen LogP contribution in [0.5, 0.6) is 5.75 Å². The summed E-state index contributed by atoms with van der Waals surface area (Å²) < 4.78 is 5.55. The molecule has 1 heterocycles. The van der Waals surface area contributed by atoms with E-state index in [1.807, 2.05) is 6.92 Å². The highest BCUT2D eigenvalue weighted by molar-refractivity contribution is 6.47. The van der Waals surface area contributed by atoms with Gasteiger partial charge in [0.15, 0.2) is 4.84 Å². The fourth-order valence-corrected chi connectivity index (χ4v) is 3.05. The topological polar surface area (TPSA) is 79.8 Å². The predicted molar refractivity (Wildman–Crippen MR) is 109 cm³/mol. The van der Waals surface area contributed by atoms with E-state index < -0.39 is 22.3 Å². The van der Waals surface area contributed by atoms with Crippen molar-refractivity contribution in [2.45, 2.75) is 23.8 Å². The fourth-order valence-electron chi connectivity index (χ4n) is 2.65. The van der Waals surface area contributed by atoms with Gasteiger partial charge in [0.25, 0.3) is 11.8 Å². The van der Waals surface area contributed by atoms with E-state index in [1.165, 1.54) is 0 Å². The highest BCUT2D eigenvalue weighted by Gasteiger charge is 2.50. The van der Waals surface area contributed by atoms with E-state index in [0.717, 1.165) is 6.42 Å². The highest BCUT2D eigenvalue weighted by Crippen LogP contribution is 2.28. The third-order valence-electron chi connectivity index (χ3n) is 4.12. The Morgan fingerprint density at radius 2 is 1.86 bits per heavy atom. The molecule has 1 aliphatic heterocycles. The lowest BCUT2D eigenvalue weighted by Crippen LogP contribution is -2.58. The fraction of sp³-hybridized carbons (Fsp3) is 0.250. The minimum atomic E-state index is -1.82. The molecule has 0 saturated carbocycles. The van der Waals surface area contributed by atoms with Crippen molar-refractivity contribution >= 4 is 40.9 Å². The normalized spacial score (nSPS) is 18.6. The number of rotatable bonds is 7. The number of amides is 2. The van der Waals surface area contributed by atoms with E-state index in [9.17, 15) is 9.59 Å². The van der Waals surface area contributed by atoms with Crippen LogP contribution in [0.25, 0.3) is 0 Å². The first kappa shape index (κ1) is 20.2. The molecule has 0 bridgehead atoms. The molecule has 2 aromatic carbocycles. The van der Waals surface area contributed by atoms with Gasteiger partial charge in [-0.3, -0.25) is 9.59 Å².